The van der Waals surface area contributed by atoms with Gasteiger partial charge in [0, 0.05) is 27.1 Å². The molecule has 0 saturated heterocycles. The maximum Gasteiger partial charge on any atom is 0.337 e. The summed E-state index contributed by atoms with van der Waals surface area (Å²) in [6.07, 6.45) is 0. The third-order valence-electron chi connectivity index (χ3n) is 4.48. The van der Waals surface area contributed by atoms with E-state index in [2.05, 4.69) is 10.6 Å². The Kier molecular flexibility index (Phi) is 9.31. The minimum atomic E-state index is -1.43. The summed E-state index contributed by atoms with van der Waals surface area (Å²) in [5, 5.41) is 6.02. The Morgan fingerprint density at radius 3 is 1.82 bits per heavy atom. The molecule has 1 aromatic carbocycles. The van der Waals surface area contributed by atoms with E-state index in [0.717, 1.165) is 0 Å². The van der Waals surface area contributed by atoms with Gasteiger partial charge in [0.1, 0.15) is 5.92 Å². The van der Waals surface area contributed by atoms with Crippen LogP contribution in [0.4, 0.5) is 5.69 Å². The third-order valence-corrected chi connectivity index (χ3v) is 4.92. The van der Waals surface area contributed by atoms with Gasteiger partial charge in [-0.1, -0.05) is 23.2 Å². The molecule has 0 unspecified atom stereocenters. The molecule has 0 atom stereocenters. The van der Waals surface area contributed by atoms with Gasteiger partial charge in [-0.3, -0.25) is 9.59 Å². The quantitative estimate of drug-likeness (QED) is 0.413. The summed E-state index contributed by atoms with van der Waals surface area (Å²) >= 11 is 11.8. The molecule has 1 aliphatic heterocycles. The standard InChI is InChI=1S/C22H24Cl2N2O7/c1-5-31-20(28)17-11(3)25-12(4)18(21(29)32-6-2)19(17)22(30)33-10-16(27)26-15-8-13(23)7-14(24)9-15/h7-9,19,25H,5-6,10H2,1-4H3,(H,26,27). The number of rotatable bonds is 8. The van der Waals surface area contributed by atoms with Crippen LogP contribution >= 0.6 is 23.2 Å². The number of hydrogen-bond donors (Lipinski definition) is 2. The van der Waals surface area contributed by atoms with Crippen molar-refractivity contribution in [3.63, 3.8) is 0 Å². The van der Waals surface area contributed by atoms with Crippen molar-refractivity contribution in [3.8, 4) is 0 Å². The molecule has 33 heavy (non-hydrogen) atoms. The van der Waals surface area contributed by atoms with Crippen molar-refractivity contribution in [3.05, 3.63) is 50.8 Å². The number of anilines is 1. The highest BCUT2D eigenvalue weighted by molar-refractivity contribution is 6.35. The molecule has 0 spiro atoms. The Morgan fingerprint density at radius 2 is 1.36 bits per heavy atom. The lowest BCUT2D eigenvalue weighted by atomic mass is 9.85. The Hall–Kier alpha value is -3.04. The van der Waals surface area contributed by atoms with Crippen LogP contribution in [-0.4, -0.2) is 43.6 Å². The van der Waals surface area contributed by atoms with Gasteiger partial charge in [0.2, 0.25) is 0 Å². The normalized spacial score (nSPS) is 13.9. The van der Waals surface area contributed by atoms with E-state index in [1.54, 1.807) is 27.7 Å². The molecule has 1 aliphatic rings. The number of carbonyl (C=O) groups is 4. The number of nitrogens with one attached hydrogen (secondary N) is 2. The van der Waals surface area contributed by atoms with Gasteiger partial charge >= 0.3 is 17.9 Å². The molecular formula is C22H24Cl2N2O7. The number of dihydropyridines is 1. The predicted octanol–water partition coefficient (Wildman–Crippen LogP) is 3.37. The number of benzene rings is 1. The number of hydrogen-bond acceptors (Lipinski definition) is 8. The highest BCUT2D eigenvalue weighted by atomic mass is 35.5. The SMILES string of the molecule is CCOC(=O)C1=C(C)NC(C)=C(C(=O)OCC)C1C(=O)OCC(=O)Nc1cc(Cl)cc(Cl)c1. The first-order valence-corrected chi connectivity index (χ1v) is 10.8. The van der Waals surface area contributed by atoms with Crippen molar-refractivity contribution in [2.75, 3.05) is 25.1 Å². The van der Waals surface area contributed by atoms with Crippen LogP contribution in [0, 0.1) is 5.92 Å². The molecule has 0 bridgehead atoms. The number of carbonyl (C=O) groups excluding carboxylic acids is 4. The van der Waals surface area contributed by atoms with E-state index in [1.165, 1.54) is 18.2 Å². The van der Waals surface area contributed by atoms with Crippen LogP contribution in [0.3, 0.4) is 0 Å². The van der Waals surface area contributed by atoms with Gasteiger partial charge < -0.3 is 24.8 Å². The lowest BCUT2D eigenvalue weighted by molar-refractivity contribution is -0.153. The van der Waals surface area contributed by atoms with Crippen molar-refractivity contribution in [1.82, 2.24) is 5.32 Å². The molecule has 9 nitrogen and oxygen atoms in total. The second kappa shape index (κ2) is 11.7. The van der Waals surface area contributed by atoms with Crippen LogP contribution in [0.25, 0.3) is 0 Å². The molecular weight excluding hydrogens is 475 g/mol. The van der Waals surface area contributed by atoms with E-state index in [1.807, 2.05) is 0 Å². The summed E-state index contributed by atoms with van der Waals surface area (Å²) in [6, 6.07) is 4.43. The highest BCUT2D eigenvalue weighted by Gasteiger charge is 2.42. The van der Waals surface area contributed by atoms with Crippen LogP contribution in [0.2, 0.25) is 10.0 Å². The summed E-state index contributed by atoms with van der Waals surface area (Å²) < 4.78 is 15.3. The first kappa shape index (κ1) is 26.2. The Balaban J connectivity index is 2.26. The average Bonchev–Trinajstić information content (AvgIpc) is 2.70. The minimum absolute atomic E-state index is 0.0550. The van der Waals surface area contributed by atoms with E-state index >= 15 is 0 Å². The summed E-state index contributed by atoms with van der Waals surface area (Å²) in [4.78, 5) is 50.5. The molecule has 1 aromatic rings. The molecule has 0 aromatic heterocycles. The number of ether oxygens (including phenoxy) is 3. The van der Waals surface area contributed by atoms with Crippen molar-refractivity contribution in [2.24, 2.45) is 5.92 Å². The van der Waals surface area contributed by atoms with Gasteiger partial charge in [-0.15, -0.1) is 0 Å². The zero-order valence-electron chi connectivity index (χ0n) is 18.5. The second-order valence-electron chi connectivity index (χ2n) is 6.89. The van der Waals surface area contributed by atoms with Gasteiger partial charge in [-0.25, -0.2) is 9.59 Å². The first-order valence-electron chi connectivity index (χ1n) is 10.0. The maximum atomic E-state index is 13.0. The van der Waals surface area contributed by atoms with Gasteiger partial charge in [0.05, 0.1) is 24.4 Å². The average molecular weight is 499 g/mol. The number of amides is 1. The molecule has 2 rings (SSSR count). The van der Waals surface area contributed by atoms with Crippen molar-refractivity contribution in [2.45, 2.75) is 27.7 Å². The van der Waals surface area contributed by atoms with E-state index in [4.69, 9.17) is 37.4 Å². The van der Waals surface area contributed by atoms with Crippen LogP contribution in [0.15, 0.2) is 40.7 Å². The molecule has 1 heterocycles. The Labute approximate surface area is 201 Å². The Morgan fingerprint density at radius 1 is 0.879 bits per heavy atom. The van der Waals surface area contributed by atoms with Crippen LogP contribution < -0.4 is 10.6 Å². The summed E-state index contributed by atoms with van der Waals surface area (Å²) in [6.45, 7) is 5.77. The van der Waals surface area contributed by atoms with E-state index in [0.29, 0.717) is 27.1 Å². The fourth-order valence-corrected chi connectivity index (χ4v) is 3.76. The third kappa shape index (κ3) is 6.72. The number of allylic oxidation sites excluding steroid dienone is 2. The zero-order chi connectivity index (χ0) is 24.7. The summed E-state index contributed by atoms with van der Waals surface area (Å²) in [7, 11) is 0. The smallest absolute Gasteiger partial charge is 0.337 e. The Bertz CT molecular complexity index is 973. The van der Waals surface area contributed by atoms with Gasteiger partial charge in [0.15, 0.2) is 6.61 Å². The maximum absolute atomic E-state index is 13.0. The molecule has 2 N–H and O–H groups in total. The summed E-state index contributed by atoms with van der Waals surface area (Å²) in [5.74, 6) is -4.68. The molecule has 0 radical (unpaired) electrons. The molecule has 178 valence electrons. The van der Waals surface area contributed by atoms with E-state index in [-0.39, 0.29) is 24.4 Å². The molecule has 0 fully saturated rings. The minimum Gasteiger partial charge on any atom is -0.463 e. The van der Waals surface area contributed by atoms with Crippen LogP contribution in [-0.2, 0) is 33.4 Å². The molecule has 1 amide bonds. The zero-order valence-corrected chi connectivity index (χ0v) is 20.1. The van der Waals surface area contributed by atoms with E-state index in [9.17, 15) is 19.2 Å². The van der Waals surface area contributed by atoms with Crippen molar-refractivity contribution >= 4 is 52.7 Å². The lowest BCUT2D eigenvalue weighted by Gasteiger charge is -2.28. The monoisotopic (exact) mass is 498 g/mol. The van der Waals surface area contributed by atoms with Gasteiger partial charge in [-0.2, -0.15) is 0 Å². The first-order chi connectivity index (χ1) is 15.6. The molecule has 11 heteroatoms. The summed E-state index contributed by atoms with van der Waals surface area (Å²) in [5.41, 5.74) is 0.745. The lowest BCUT2D eigenvalue weighted by Crippen LogP contribution is -2.39. The largest absolute Gasteiger partial charge is 0.463 e. The van der Waals surface area contributed by atoms with Crippen LogP contribution in [0.1, 0.15) is 27.7 Å². The number of halogens is 2. The van der Waals surface area contributed by atoms with Gasteiger partial charge in [0.25, 0.3) is 5.91 Å². The second-order valence-corrected chi connectivity index (χ2v) is 7.76. The van der Waals surface area contributed by atoms with Crippen LogP contribution in [0.5, 0.6) is 0 Å². The predicted molar refractivity (Wildman–Crippen MR) is 121 cm³/mol. The van der Waals surface area contributed by atoms with Crippen molar-refractivity contribution < 1.29 is 33.4 Å². The molecule has 0 saturated carbocycles. The molecule has 0 aliphatic carbocycles. The fourth-order valence-electron chi connectivity index (χ4n) is 3.23. The fraction of sp³-hybridized carbons (Fsp3) is 0.364. The highest BCUT2D eigenvalue weighted by Crippen LogP contribution is 2.32. The topological polar surface area (TPSA) is 120 Å². The van der Waals surface area contributed by atoms with E-state index < -0.39 is 36.3 Å². The van der Waals surface area contributed by atoms with Crippen molar-refractivity contribution in [1.29, 1.82) is 0 Å². The van der Waals surface area contributed by atoms with Gasteiger partial charge in [-0.05, 0) is 45.9 Å². The number of esters is 3.